The Morgan fingerprint density at radius 2 is 1.71 bits per heavy atom. The van der Waals surface area contributed by atoms with Gasteiger partial charge in [0, 0.05) is 16.9 Å². The van der Waals surface area contributed by atoms with E-state index in [-0.39, 0.29) is 5.41 Å². The maximum atomic E-state index is 4.94. The second kappa shape index (κ2) is 5.23. The first kappa shape index (κ1) is 15.0. The maximum Gasteiger partial charge on any atom is 0.157 e. The van der Waals surface area contributed by atoms with Gasteiger partial charge < -0.3 is 9.55 Å². The highest BCUT2D eigenvalue weighted by Crippen LogP contribution is 2.37. The number of nitrogens with one attached hydrogen (secondary N) is 1. The molecule has 0 aliphatic carbocycles. The lowest BCUT2D eigenvalue weighted by atomic mass is 9.87. The zero-order chi connectivity index (χ0) is 16.9. The monoisotopic (exact) mass is 317 g/mol. The van der Waals surface area contributed by atoms with Crippen molar-refractivity contribution < 1.29 is 0 Å². The van der Waals surface area contributed by atoms with Crippen LogP contribution in [-0.2, 0) is 0 Å². The predicted octanol–water partition coefficient (Wildman–Crippen LogP) is 5.79. The van der Waals surface area contributed by atoms with Crippen molar-refractivity contribution in [3.63, 3.8) is 0 Å². The van der Waals surface area contributed by atoms with E-state index < -0.39 is 0 Å². The highest BCUT2D eigenvalue weighted by molar-refractivity contribution is 5.87. The van der Waals surface area contributed by atoms with E-state index in [1.165, 1.54) is 10.9 Å². The van der Waals surface area contributed by atoms with E-state index in [1.807, 2.05) is 0 Å². The van der Waals surface area contributed by atoms with Crippen LogP contribution in [0.3, 0.4) is 0 Å². The van der Waals surface area contributed by atoms with Crippen LogP contribution in [0.4, 0.5) is 0 Å². The minimum atomic E-state index is 0.143. The van der Waals surface area contributed by atoms with Crippen LogP contribution in [0, 0.1) is 5.41 Å². The van der Waals surface area contributed by atoms with Crippen LogP contribution in [0.1, 0.15) is 33.7 Å². The van der Waals surface area contributed by atoms with Crippen LogP contribution in [-0.4, -0.2) is 14.5 Å². The van der Waals surface area contributed by atoms with E-state index in [0.29, 0.717) is 6.04 Å². The van der Waals surface area contributed by atoms with Crippen molar-refractivity contribution >= 4 is 21.9 Å². The molecule has 4 aromatic rings. The first-order valence-corrected chi connectivity index (χ1v) is 8.50. The number of fused-ring (bicyclic) bond motifs is 2. The molecular formula is C21H23N3. The van der Waals surface area contributed by atoms with Crippen molar-refractivity contribution in [2.45, 2.75) is 33.7 Å². The zero-order valence-electron chi connectivity index (χ0n) is 14.7. The molecular weight excluding hydrogens is 294 g/mol. The molecule has 2 heterocycles. The Labute approximate surface area is 142 Å². The van der Waals surface area contributed by atoms with Crippen LogP contribution < -0.4 is 0 Å². The molecule has 1 atom stereocenters. The molecule has 3 heteroatoms. The van der Waals surface area contributed by atoms with Crippen LogP contribution in [0.5, 0.6) is 0 Å². The molecule has 0 bridgehead atoms. The summed E-state index contributed by atoms with van der Waals surface area (Å²) in [5.74, 6) is 1.01. The number of H-pyrrole nitrogens is 1. The molecule has 0 saturated carbocycles. The molecule has 24 heavy (non-hydrogen) atoms. The minimum Gasteiger partial charge on any atom is -0.352 e. The van der Waals surface area contributed by atoms with Crippen molar-refractivity contribution in [1.29, 1.82) is 0 Å². The second-order valence-corrected chi connectivity index (χ2v) is 7.61. The third kappa shape index (κ3) is 2.32. The maximum absolute atomic E-state index is 4.94. The fourth-order valence-corrected chi connectivity index (χ4v) is 3.21. The lowest BCUT2D eigenvalue weighted by Gasteiger charge is -2.30. The fraction of sp³-hybridized carbons (Fsp3) is 0.286. The van der Waals surface area contributed by atoms with E-state index in [0.717, 1.165) is 22.6 Å². The van der Waals surface area contributed by atoms with Gasteiger partial charge in [0.1, 0.15) is 0 Å². The predicted molar refractivity (Wildman–Crippen MR) is 101 cm³/mol. The number of nitrogens with zero attached hydrogens (tertiary/aromatic N) is 2. The first-order valence-electron chi connectivity index (χ1n) is 8.50. The summed E-state index contributed by atoms with van der Waals surface area (Å²) in [6.45, 7) is 9.12. The number of para-hydroxylation sites is 3. The Balaban J connectivity index is 2.00. The zero-order valence-corrected chi connectivity index (χ0v) is 14.7. The van der Waals surface area contributed by atoms with Crippen LogP contribution in [0.25, 0.3) is 33.5 Å². The van der Waals surface area contributed by atoms with Gasteiger partial charge in [0.05, 0.1) is 16.7 Å². The quantitative estimate of drug-likeness (QED) is 0.498. The van der Waals surface area contributed by atoms with Crippen LogP contribution in [0.15, 0.2) is 54.6 Å². The fourth-order valence-electron chi connectivity index (χ4n) is 3.21. The molecule has 0 spiro atoms. The van der Waals surface area contributed by atoms with Gasteiger partial charge in [-0.1, -0.05) is 51.1 Å². The molecule has 1 N–H and O–H groups in total. The van der Waals surface area contributed by atoms with Gasteiger partial charge in [-0.25, -0.2) is 4.98 Å². The van der Waals surface area contributed by atoms with Gasteiger partial charge in [0.2, 0.25) is 0 Å². The molecule has 0 fully saturated rings. The summed E-state index contributed by atoms with van der Waals surface area (Å²) in [7, 11) is 0. The van der Waals surface area contributed by atoms with E-state index in [1.54, 1.807) is 0 Å². The normalized spacial score (nSPS) is 13.7. The molecule has 122 valence electrons. The molecule has 0 amide bonds. The summed E-state index contributed by atoms with van der Waals surface area (Å²) >= 11 is 0. The first-order chi connectivity index (χ1) is 11.4. The summed E-state index contributed by atoms with van der Waals surface area (Å²) in [5.41, 5.74) is 4.60. The average Bonchev–Trinajstić information content (AvgIpc) is 3.14. The van der Waals surface area contributed by atoms with Crippen molar-refractivity contribution in [3.8, 4) is 11.5 Å². The van der Waals surface area contributed by atoms with Gasteiger partial charge in [0.15, 0.2) is 5.82 Å². The number of imidazole rings is 1. The molecule has 3 nitrogen and oxygen atoms in total. The van der Waals surface area contributed by atoms with Gasteiger partial charge in [-0.2, -0.15) is 0 Å². The van der Waals surface area contributed by atoms with Crippen molar-refractivity contribution in [3.05, 3.63) is 54.6 Å². The minimum absolute atomic E-state index is 0.143. The highest BCUT2D eigenvalue weighted by Gasteiger charge is 2.26. The Morgan fingerprint density at radius 1 is 1.00 bits per heavy atom. The Hall–Kier alpha value is -2.55. The van der Waals surface area contributed by atoms with Gasteiger partial charge >= 0.3 is 0 Å². The molecule has 0 aliphatic heterocycles. The summed E-state index contributed by atoms with van der Waals surface area (Å²) in [6.07, 6.45) is 0. The van der Waals surface area contributed by atoms with E-state index in [4.69, 9.17) is 4.98 Å². The summed E-state index contributed by atoms with van der Waals surface area (Å²) < 4.78 is 2.38. The van der Waals surface area contributed by atoms with E-state index in [2.05, 4.69) is 91.8 Å². The molecule has 4 rings (SSSR count). The summed E-state index contributed by atoms with van der Waals surface area (Å²) in [5, 5.41) is 1.22. The third-order valence-corrected chi connectivity index (χ3v) is 5.01. The number of aromatic nitrogens is 3. The Morgan fingerprint density at radius 3 is 2.46 bits per heavy atom. The Kier molecular flexibility index (Phi) is 3.27. The SMILES string of the molecule is C[C@H](n1c(-c2cc3ccccc3[nH]2)nc2ccccc21)C(C)(C)C. The standard InChI is InChI=1S/C21H23N3/c1-14(21(2,3)4)24-19-12-8-7-11-17(19)23-20(24)18-13-15-9-5-6-10-16(15)22-18/h5-14,22H,1-4H3/t14-/m0/s1. The molecule has 0 saturated heterocycles. The molecule has 2 aromatic heterocycles. The van der Waals surface area contributed by atoms with E-state index >= 15 is 0 Å². The van der Waals surface area contributed by atoms with Gasteiger partial charge in [0.25, 0.3) is 0 Å². The summed E-state index contributed by atoms with van der Waals surface area (Å²) in [6, 6.07) is 19.3. The smallest absolute Gasteiger partial charge is 0.157 e. The number of aromatic amines is 1. The topological polar surface area (TPSA) is 33.6 Å². The molecule has 0 aliphatic rings. The van der Waals surface area contributed by atoms with Crippen molar-refractivity contribution in [2.75, 3.05) is 0 Å². The summed E-state index contributed by atoms with van der Waals surface area (Å²) in [4.78, 5) is 8.48. The molecule has 0 radical (unpaired) electrons. The lowest BCUT2D eigenvalue weighted by Crippen LogP contribution is -2.22. The number of rotatable bonds is 2. The number of hydrogen-bond acceptors (Lipinski definition) is 1. The van der Waals surface area contributed by atoms with Gasteiger partial charge in [-0.3, -0.25) is 0 Å². The number of benzene rings is 2. The largest absolute Gasteiger partial charge is 0.352 e. The number of hydrogen-bond donors (Lipinski definition) is 1. The van der Waals surface area contributed by atoms with Crippen molar-refractivity contribution in [2.24, 2.45) is 5.41 Å². The van der Waals surface area contributed by atoms with E-state index in [9.17, 15) is 0 Å². The van der Waals surface area contributed by atoms with Crippen molar-refractivity contribution in [1.82, 2.24) is 14.5 Å². The average molecular weight is 317 g/mol. The van der Waals surface area contributed by atoms with Gasteiger partial charge in [-0.05, 0) is 36.6 Å². The Bertz CT molecular complexity index is 981. The highest BCUT2D eigenvalue weighted by atomic mass is 15.1. The third-order valence-electron chi connectivity index (χ3n) is 5.01. The van der Waals surface area contributed by atoms with Crippen LogP contribution in [0.2, 0.25) is 0 Å². The molecule has 0 unspecified atom stereocenters. The van der Waals surface area contributed by atoms with Crippen LogP contribution >= 0.6 is 0 Å². The second-order valence-electron chi connectivity index (χ2n) is 7.61. The van der Waals surface area contributed by atoms with Gasteiger partial charge in [-0.15, -0.1) is 0 Å². The molecule has 2 aromatic carbocycles. The lowest BCUT2D eigenvalue weighted by molar-refractivity contribution is 0.269.